The molecule has 2 bridgehead atoms. The topological polar surface area (TPSA) is 12.0 Å². The average Bonchev–Trinajstić information content (AvgIpc) is 2.75. The third-order valence-electron chi connectivity index (χ3n) is 5.47. The number of benzene rings is 1. The van der Waals surface area contributed by atoms with Crippen LogP contribution in [0.15, 0.2) is 22.7 Å². The molecule has 0 spiro atoms. The maximum atomic E-state index is 3.81. The lowest BCUT2D eigenvalue weighted by Gasteiger charge is -2.11. The van der Waals surface area contributed by atoms with E-state index in [1.165, 1.54) is 28.4 Å². The lowest BCUT2D eigenvalue weighted by Crippen LogP contribution is -2.22. The quantitative estimate of drug-likeness (QED) is 0.893. The SMILES string of the molecule is Cc1ccc(CNC2C3C4CCC(C4)C23)c(Br)c1. The molecule has 4 atom stereocenters. The van der Waals surface area contributed by atoms with Crippen LogP contribution in [0.2, 0.25) is 0 Å². The zero-order valence-corrected chi connectivity index (χ0v) is 12.4. The molecule has 3 fully saturated rings. The highest BCUT2D eigenvalue weighted by molar-refractivity contribution is 9.10. The molecule has 18 heavy (non-hydrogen) atoms. The van der Waals surface area contributed by atoms with E-state index in [-0.39, 0.29) is 0 Å². The third kappa shape index (κ3) is 1.69. The van der Waals surface area contributed by atoms with Gasteiger partial charge in [-0.1, -0.05) is 28.1 Å². The van der Waals surface area contributed by atoms with Gasteiger partial charge in [0.05, 0.1) is 0 Å². The summed E-state index contributed by atoms with van der Waals surface area (Å²) in [7, 11) is 0. The standard InChI is InChI=1S/C16H20BrN/c1-9-2-3-12(13(17)6-9)8-18-16-14-10-4-5-11(7-10)15(14)16/h2-3,6,10-11,14-16,18H,4-5,7-8H2,1H3. The molecule has 1 aromatic rings. The maximum Gasteiger partial charge on any atom is 0.0222 e. The summed E-state index contributed by atoms with van der Waals surface area (Å²) >= 11 is 3.67. The molecule has 3 aliphatic rings. The second-order valence-electron chi connectivity index (χ2n) is 6.49. The number of hydrogen-bond acceptors (Lipinski definition) is 1. The van der Waals surface area contributed by atoms with Gasteiger partial charge in [-0.05, 0) is 67.1 Å². The molecule has 0 saturated heterocycles. The van der Waals surface area contributed by atoms with Crippen LogP contribution >= 0.6 is 15.9 Å². The second-order valence-corrected chi connectivity index (χ2v) is 7.34. The lowest BCUT2D eigenvalue weighted by atomic mass is 10.0. The number of halogens is 1. The van der Waals surface area contributed by atoms with Crippen LogP contribution < -0.4 is 5.32 Å². The van der Waals surface area contributed by atoms with Crippen molar-refractivity contribution in [3.05, 3.63) is 33.8 Å². The van der Waals surface area contributed by atoms with Crippen molar-refractivity contribution in [3.8, 4) is 0 Å². The van der Waals surface area contributed by atoms with Gasteiger partial charge in [0.25, 0.3) is 0 Å². The van der Waals surface area contributed by atoms with E-state index >= 15 is 0 Å². The Morgan fingerprint density at radius 2 is 1.94 bits per heavy atom. The zero-order valence-electron chi connectivity index (χ0n) is 10.8. The first-order valence-corrected chi connectivity index (χ1v) is 8.02. The number of aryl methyl sites for hydroxylation is 1. The van der Waals surface area contributed by atoms with Crippen LogP contribution in [-0.4, -0.2) is 6.04 Å². The highest BCUT2D eigenvalue weighted by atomic mass is 79.9. The van der Waals surface area contributed by atoms with E-state index in [4.69, 9.17) is 0 Å². The summed E-state index contributed by atoms with van der Waals surface area (Å²) in [6.45, 7) is 3.17. The van der Waals surface area contributed by atoms with Crippen molar-refractivity contribution in [1.82, 2.24) is 5.32 Å². The normalized spacial score (nSPS) is 40.0. The van der Waals surface area contributed by atoms with Crippen molar-refractivity contribution >= 4 is 15.9 Å². The van der Waals surface area contributed by atoms with Gasteiger partial charge in [0.2, 0.25) is 0 Å². The van der Waals surface area contributed by atoms with Crippen molar-refractivity contribution in [2.45, 2.75) is 38.8 Å². The molecule has 0 aliphatic heterocycles. The van der Waals surface area contributed by atoms with Gasteiger partial charge in [0.15, 0.2) is 0 Å². The number of hydrogen-bond donors (Lipinski definition) is 1. The Labute approximate surface area is 117 Å². The first kappa shape index (κ1) is 11.5. The van der Waals surface area contributed by atoms with Gasteiger partial charge in [-0.2, -0.15) is 0 Å². The highest BCUT2D eigenvalue weighted by Gasteiger charge is 2.64. The van der Waals surface area contributed by atoms with Gasteiger partial charge >= 0.3 is 0 Å². The number of fused-ring (bicyclic) bond motifs is 5. The van der Waals surface area contributed by atoms with E-state index in [1.807, 2.05) is 0 Å². The maximum absolute atomic E-state index is 3.81. The summed E-state index contributed by atoms with van der Waals surface area (Å²) in [4.78, 5) is 0. The summed E-state index contributed by atoms with van der Waals surface area (Å²) in [5.41, 5.74) is 2.73. The zero-order chi connectivity index (χ0) is 12.3. The fourth-order valence-corrected chi connectivity index (χ4v) is 5.26. The van der Waals surface area contributed by atoms with Gasteiger partial charge in [0, 0.05) is 17.1 Å². The molecule has 3 saturated carbocycles. The molecule has 4 rings (SSSR count). The molecule has 0 radical (unpaired) electrons. The summed E-state index contributed by atoms with van der Waals surface area (Å²) in [5.74, 6) is 4.21. The van der Waals surface area contributed by atoms with Crippen molar-refractivity contribution in [2.24, 2.45) is 23.7 Å². The molecule has 96 valence electrons. The van der Waals surface area contributed by atoms with Crippen molar-refractivity contribution < 1.29 is 0 Å². The van der Waals surface area contributed by atoms with E-state index in [0.717, 1.165) is 36.3 Å². The van der Waals surface area contributed by atoms with Crippen molar-refractivity contribution in [2.75, 3.05) is 0 Å². The van der Waals surface area contributed by atoms with Crippen LogP contribution in [0.5, 0.6) is 0 Å². The Morgan fingerprint density at radius 1 is 1.22 bits per heavy atom. The first-order valence-electron chi connectivity index (χ1n) is 7.22. The van der Waals surface area contributed by atoms with E-state index < -0.39 is 0 Å². The van der Waals surface area contributed by atoms with Gasteiger partial charge in [-0.15, -0.1) is 0 Å². The Morgan fingerprint density at radius 3 is 2.61 bits per heavy atom. The molecule has 1 N–H and O–H groups in total. The fourth-order valence-electron chi connectivity index (χ4n) is 4.62. The third-order valence-corrected chi connectivity index (χ3v) is 6.21. The molecule has 2 heteroatoms. The molecule has 0 amide bonds. The van der Waals surface area contributed by atoms with Crippen LogP contribution in [0.4, 0.5) is 0 Å². The summed E-state index contributed by atoms with van der Waals surface area (Å²) in [6.07, 6.45) is 4.57. The molecule has 0 heterocycles. The minimum Gasteiger partial charge on any atom is -0.309 e. The summed E-state index contributed by atoms with van der Waals surface area (Å²) in [5, 5.41) is 3.81. The van der Waals surface area contributed by atoms with Gasteiger partial charge in [-0.3, -0.25) is 0 Å². The molecule has 0 aromatic heterocycles. The number of rotatable bonds is 3. The molecular formula is C16H20BrN. The first-order chi connectivity index (χ1) is 8.74. The highest BCUT2D eigenvalue weighted by Crippen LogP contribution is 2.65. The van der Waals surface area contributed by atoms with Gasteiger partial charge < -0.3 is 5.32 Å². The Bertz CT molecular complexity index is 468. The van der Waals surface area contributed by atoms with Gasteiger partial charge in [-0.25, -0.2) is 0 Å². The molecular weight excluding hydrogens is 286 g/mol. The lowest BCUT2D eigenvalue weighted by molar-refractivity contribution is 0.456. The van der Waals surface area contributed by atoms with Crippen LogP contribution in [0.1, 0.15) is 30.4 Å². The van der Waals surface area contributed by atoms with Crippen LogP contribution in [-0.2, 0) is 6.54 Å². The Hall–Kier alpha value is -0.340. The van der Waals surface area contributed by atoms with Crippen molar-refractivity contribution in [1.29, 1.82) is 0 Å². The minimum atomic E-state index is 0.837. The molecule has 4 unspecified atom stereocenters. The van der Waals surface area contributed by atoms with E-state index in [1.54, 1.807) is 6.42 Å². The summed E-state index contributed by atoms with van der Waals surface area (Å²) in [6, 6.07) is 7.51. The molecule has 1 nitrogen and oxygen atoms in total. The van der Waals surface area contributed by atoms with Crippen molar-refractivity contribution in [3.63, 3.8) is 0 Å². The minimum absolute atomic E-state index is 0.837. The number of nitrogens with one attached hydrogen (secondary N) is 1. The van der Waals surface area contributed by atoms with Crippen LogP contribution in [0.25, 0.3) is 0 Å². The average molecular weight is 306 g/mol. The molecule has 1 aromatic carbocycles. The monoisotopic (exact) mass is 305 g/mol. The molecule has 3 aliphatic carbocycles. The summed E-state index contributed by atoms with van der Waals surface area (Å²) < 4.78 is 1.25. The predicted molar refractivity (Wildman–Crippen MR) is 77.3 cm³/mol. The van der Waals surface area contributed by atoms with Crippen LogP contribution in [0.3, 0.4) is 0 Å². The van der Waals surface area contributed by atoms with Crippen LogP contribution in [0, 0.1) is 30.6 Å². The van der Waals surface area contributed by atoms with E-state index in [2.05, 4.69) is 46.4 Å². The van der Waals surface area contributed by atoms with E-state index in [9.17, 15) is 0 Å². The fraction of sp³-hybridized carbons (Fsp3) is 0.625. The predicted octanol–water partition coefficient (Wildman–Crippen LogP) is 3.89. The van der Waals surface area contributed by atoms with E-state index in [0.29, 0.717) is 0 Å². The second kappa shape index (κ2) is 4.08. The Balaban J connectivity index is 1.40. The largest absolute Gasteiger partial charge is 0.309 e. The Kier molecular flexibility index (Phi) is 2.60. The van der Waals surface area contributed by atoms with Gasteiger partial charge in [0.1, 0.15) is 0 Å². The smallest absolute Gasteiger partial charge is 0.0222 e.